The summed E-state index contributed by atoms with van der Waals surface area (Å²) in [5.41, 5.74) is 12.7. The third-order valence-electron chi connectivity index (χ3n) is 11.2. The number of nitrogens with zero attached hydrogens (tertiary/aromatic N) is 3. The smallest absolute Gasteiger partial charge is 0.147 e. The molecule has 0 amide bonds. The Bertz CT molecular complexity index is 3420. The van der Waals surface area contributed by atoms with Crippen LogP contribution in [0.15, 0.2) is 185 Å². The summed E-state index contributed by atoms with van der Waals surface area (Å²) in [6.07, 6.45) is 7.49. The number of hydrogen-bond acceptors (Lipinski definition) is 5. The van der Waals surface area contributed by atoms with Gasteiger partial charge in [0.05, 0.1) is 16.6 Å². The number of para-hydroxylation sites is 2. The van der Waals surface area contributed by atoms with Crippen LogP contribution in [-0.4, -0.2) is 15.0 Å². The predicted octanol–water partition coefficient (Wildman–Crippen LogP) is 13.8. The number of rotatable bonds is 4. The average molecular weight is 716 g/mol. The lowest BCUT2D eigenvalue weighted by Crippen LogP contribution is -1.95. The van der Waals surface area contributed by atoms with E-state index < -0.39 is 0 Å². The largest absolute Gasteiger partial charge is 0.456 e. The molecule has 0 radical (unpaired) electrons. The number of fused-ring (bicyclic) bond motifs is 10. The molecule has 0 aliphatic heterocycles. The minimum absolute atomic E-state index is 0.802. The van der Waals surface area contributed by atoms with E-state index in [9.17, 15) is 0 Å². The molecule has 56 heavy (non-hydrogen) atoms. The number of furan rings is 2. The second-order valence-electron chi connectivity index (χ2n) is 14.4. The summed E-state index contributed by atoms with van der Waals surface area (Å²) in [5.74, 6) is 0. The van der Waals surface area contributed by atoms with E-state index in [1.807, 2.05) is 61.2 Å². The number of benzene rings is 7. The number of hydrogen-bond donors (Lipinski definition) is 0. The summed E-state index contributed by atoms with van der Waals surface area (Å²) in [7, 11) is 0. The fourth-order valence-electron chi connectivity index (χ4n) is 8.73. The van der Waals surface area contributed by atoms with Crippen molar-refractivity contribution in [2.75, 3.05) is 0 Å². The first kappa shape index (κ1) is 30.8. The first-order valence-electron chi connectivity index (χ1n) is 18.7. The van der Waals surface area contributed by atoms with Gasteiger partial charge in [0, 0.05) is 63.0 Å². The zero-order valence-electron chi connectivity index (χ0n) is 29.9. The summed E-state index contributed by atoms with van der Waals surface area (Å²) in [6, 6.07) is 53.2. The molecule has 0 saturated heterocycles. The van der Waals surface area contributed by atoms with Crippen LogP contribution in [0, 0.1) is 0 Å². The highest BCUT2D eigenvalue weighted by molar-refractivity contribution is 6.28. The van der Waals surface area contributed by atoms with E-state index in [0.717, 1.165) is 121 Å². The first-order chi connectivity index (χ1) is 27.8. The van der Waals surface area contributed by atoms with Crippen molar-refractivity contribution < 1.29 is 8.83 Å². The Morgan fingerprint density at radius 3 is 1.50 bits per heavy atom. The van der Waals surface area contributed by atoms with Crippen LogP contribution in [0.1, 0.15) is 0 Å². The quantitative estimate of drug-likeness (QED) is 0.170. The molecule has 12 rings (SSSR count). The molecule has 12 aromatic rings. The third kappa shape index (κ3) is 4.58. The van der Waals surface area contributed by atoms with E-state index in [1.165, 1.54) is 0 Å². The molecule has 0 aliphatic rings. The highest BCUT2D eigenvalue weighted by atomic mass is 16.3. The van der Waals surface area contributed by atoms with E-state index in [0.29, 0.717) is 0 Å². The van der Waals surface area contributed by atoms with Gasteiger partial charge in [0.15, 0.2) is 0 Å². The lowest BCUT2D eigenvalue weighted by Gasteiger charge is -2.19. The first-order valence-corrected chi connectivity index (χ1v) is 18.7. The Morgan fingerprint density at radius 2 is 0.893 bits per heavy atom. The van der Waals surface area contributed by atoms with Gasteiger partial charge >= 0.3 is 0 Å². The summed E-state index contributed by atoms with van der Waals surface area (Å²) < 4.78 is 13.2. The minimum Gasteiger partial charge on any atom is -0.456 e. The zero-order valence-corrected chi connectivity index (χ0v) is 29.9. The van der Waals surface area contributed by atoms with Crippen LogP contribution in [-0.2, 0) is 0 Å². The summed E-state index contributed by atoms with van der Waals surface area (Å²) in [4.78, 5) is 14.6. The molecule has 0 bridgehead atoms. The van der Waals surface area contributed by atoms with Crippen molar-refractivity contribution in [3.8, 4) is 44.6 Å². The van der Waals surface area contributed by atoms with Crippen molar-refractivity contribution in [2.24, 2.45) is 0 Å². The number of aromatic nitrogens is 3. The van der Waals surface area contributed by atoms with Crippen LogP contribution in [0.4, 0.5) is 0 Å². The van der Waals surface area contributed by atoms with Gasteiger partial charge in [-0.3, -0.25) is 9.97 Å². The van der Waals surface area contributed by atoms with Crippen LogP contribution in [0.25, 0.3) is 121 Å². The van der Waals surface area contributed by atoms with E-state index >= 15 is 0 Å². The van der Waals surface area contributed by atoms with Crippen LogP contribution < -0.4 is 0 Å². The summed E-state index contributed by atoms with van der Waals surface area (Å²) in [5, 5.41) is 9.55. The van der Waals surface area contributed by atoms with Crippen molar-refractivity contribution in [1.29, 1.82) is 0 Å². The molecule has 5 heteroatoms. The molecular weight excluding hydrogens is 687 g/mol. The highest BCUT2D eigenvalue weighted by Crippen LogP contribution is 2.49. The second kappa shape index (κ2) is 11.9. The van der Waals surface area contributed by atoms with E-state index in [2.05, 4.69) is 125 Å². The Hall–Kier alpha value is -7.63. The third-order valence-corrected chi connectivity index (χ3v) is 11.2. The van der Waals surface area contributed by atoms with E-state index in [1.54, 1.807) is 0 Å². The zero-order chi connectivity index (χ0) is 36.7. The van der Waals surface area contributed by atoms with Crippen molar-refractivity contribution in [2.45, 2.75) is 0 Å². The van der Waals surface area contributed by atoms with Gasteiger partial charge in [-0.05, 0) is 98.4 Å². The van der Waals surface area contributed by atoms with Gasteiger partial charge in [-0.15, -0.1) is 0 Å². The van der Waals surface area contributed by atoms with Crippen LogP contribution in [0.3, 0.4) is 0 Å². The van der Waals surface area contributed by atoms with E-state index in [-0.39, 0.29) is 0 Å². The van der Waals surface area contributed by atoms with Gasteiger partial charge in [-0.1, -0.05) is 97.1 Å². The highest BCUT2D eigenvalue weighted by Gasteiger charge is 2.24. The van der Waals surface area contributed by atoms with Crippen LogP contribution in [0.2, 0.25) is 0 Å². The Morgan fingerprint density at radius 1 is 0.357 bits per heavy atom. The van der Waals surface area contributed by atoms with Crippen molar-refractivity contribution in [3.63, 3.8) is 0 Å². The maximum atomic E-state index is 6.79. The molecule has 0 fully saturated rings. The average Bonchev–Trinajstić information content (AvgIpc) is 3.84. The molecule has 0 saturated carbocycles. The monoisotopic (exact) mass is 715 g/mol. The van der Waals surface area contributed by atoms with Gasteiger partial charge in [0.25, 0.3) is 0 Å². The summed E-state index contributed by atoms with van der Waals surface area (Å²) >= 11 is 0. The lowest BCUT2D eigenvalue weighted by atomic mass is 9.85. The fourth-order valence-corrected chi connectivity index (χ4v) is 8.73. The number of pyridine rings is 3. The fraction of sp³-hybridized carbons (Fsp3) is 0. The molecule has 5 aromatic heterocycles. The molecule has 7 aromatic carbocycles. The molecular formula is C51H29N3O2. The molecule has 0 unspecified atom stereocenters. The molecule has 0 spiro atoms. The summed E-state index contributed by atoms with van der Waals surface area (Å²) in [6.45, 7) is 0. The Kier molecular flexibility index (Phi) is 6.56. The molecule has 0 aliphatic carbocycles. The van der Waals surface area contributed by atoms with Crippen molar-refractivity contribution in [3.05, 3.63) is 176 Å². The van der Waals surface area contributed by atoms with Gasteiger partial charge in [-0.25, -0.2) is 4.98 Å². The van der Waals surface area contributed by atoms with Gasteiger partial charge < -0.3 is 8.83 Å². The molecule has 5 heterocycles. The molecule has 0 atom stereocenters. The van der Waals surface area contributed by atoms with Gasteiger partial charge in [0.2, 0.25) is 0 Å². The normalized spacial score (nSPS) is 11.9. The SMILES string of the molecule is c1cncc(-c2cc(-c3cccnc3)cc(-c3c4ccccc4c(-c4nc5cc6c(cc5c5oc7ccccc7c45)oc4ccccc46)c4ccccc34)c2)c1. The lowest BCUT2D eigenvalue weighted by molar-refractivity contribution is 0.666. The molecule has 5 nitrogen and oxygen atoms in total. The van der Waals surface area contributed by atoms with Crippen LogP contribution in [0.5, 0.6) is 0 Å². The second-order valence-corrected chi connectivity index (χ2v) is 14.4. The maximum Gasteiger partial charge on any atom is 0.147 e. The molecule has 0 N–H and O–H groups in total. The topological polar surface area (TPSA) is 65.0 Å². The standard InChI is InChI=1S/C51H29N3O2/c1-3-16-38-36(14-1)47(34-24-32(30-11-9-21-52-28-30)23-33(25-34)31-12-10-22-53-29-31)37-15-2-4-17-39(37)48(38)50-49-40-18-6-8-20-45(40)56-51(49)42-27-46-41(26-43(42)54-50)35-13-5-7-19-44(35)55-46/h1-29H. The molecule has 260 valence electrons. The van der Waals surface area contributed by atoms with Crippen molar-refractivity contribution >= 4 is 76.3 Å². The Balaban J connectivity index is 1.21. The van der Waals surface area contributed by atoms with Gasteiger partial charge in [0.1, 0.15) is 22.3 Å². The maximum absolute atomic E-state index is 6.79. The van der Waals surface area contributed by atoms with Crippen molar-refractivity contribution in [1.82, 2.24) is 15.0 Å². The minimum atomic E-state index is 0.802. The van der Waals surface area contributed by atoms with E-state index in [4.69, 9.17) is 13.8 Å². The van der Waals surface area contributed by atoms with Crippen LogP contribution >= 0.6 is 0 Å². The Labute approximate surface area is 320 Å². The predicted molar refractivity (Wildman–Crippen MR) is 229 cm³/mol. The van der Waals surface area contributed by atoms with Gasteiger partial charge in [-0.2, -0.15) is 0 Å².